The average molecular weight is 226 g/mol. The summed E-state index contributed by atoms with van der Waals surface area (Å²) >= 11 is 0. The quantitative estimate of drug-likeness (QED) is 0.752. The molecule has 1 aromatic rings. The number of hydrogen-bond acceptors (Lipinski definition) is 4. The molecule has 0 aliphatic rings. The Kier molecular flexibility index (Phi) is 9.66. The maximum Gasteiger partial charge on any atom is 0.217 e. The summed E-state index contributed by atoms with van der Waals surface area (Å²) < 4.78 is 10.0. The van der Waals surface area contributed by atoms with E-state index >= 15 is 0 Å². The van der Waals surface area contributed by atoms with Crippen molar-refractivity contribution in [1.82, 2.24) is 10.3 Å². The first-order valence-electron chi connectivity index (χ1n) is 5.56. The van der Waals surface area contributed by atoms with Crippen molar-refractivity contribution < 1.29 is 9.47 Å². The molecule has 4 heteroatoms. The van der Waals surface area contributed by atoms with E-state index in [-0.39, 0.29) is 0 Å². The van der Waals surface area contributed by atoms with Crippen LogP contribution >= 0.6 is 0 Å². The summed E-state index contributed by atoms with van der Waals surface area (Å²) in [7, 11) is 3.31. The van der Waals surface area contributed by atoms with Gasteiger partial charge in [-0.05, 0) is 6.07 Å². The van der Waals surface area contributed by atoms with Gasteiger partial charge in [-0.25, -0.2) is 4.98 Å². The monoisotopic (exact) mass is 226 g/mol. The molecule has 0 aromatic carbocycles. The van der Waals surface area contributed by atoms with E-state index in [0.29, 0.717) is 12.5 Å². The predicted molar refractivity (Wildman–Crippen MR) is 65.7 cm³/mol. The van der Waals surface area contributed by atoms with Gasteiger partial charge in [-0.15, -0.1) is 0 Å². The van der Waals surface area contributed by atoms with E-state index < -0.39 is 0 Å². The summed E-state index contributed by atoms with van der Waals surface area (Å²) in [6.45, 7) is 6.29. The summed E-state index contributed by atoms with van der Waals surface area (Å²) in [4.78, 5) is 4.10. The van der Waals surface area contributed by atoms with Gasteiger partial charge in [0.25, 0.3) is 0 Å². The molecule has 0 spiro atoms. The van der Waals surface area contributed by atoms with E-state index in [1.165, 1.54) is 0 Å². The van der Waals surface area contributed by atoms with Gasteiger partial charge in [0.2, 0.25) is 5.88 Å². The van der Waals surface area contributed by atoms with Crippen molar-refractivity contribution in [3.05, 3.63) is 23.9 Å². The molecule has 0 bridgehead atoms. The van der Waals surface area contributed by atoms with Crippen LogP contribution in [0.1, 0.15) is 19.4 Å². The predicted octanol–water partition coefficient (Wildman–Crippen LogP) is 1.85. The molecular weight excluding hydrogens is 204 g/mol. The summed E-state index contributed by atoms with van der Waals surface area (Å²) in [5.74, 6) is 0.678. The van der Waals surface area contributed by atoms with Crippen LogP contribution in [-0.2, 0) is 11.3 Å². The Labute approximate surface area is 98.0 Å². The molecule has 0 fully saturated rings. The van der Waals surface area contributed by atoms with Gasteiger partial charge in [-0.3, -0.25) is 0 Å². The Balaban J connectivity index is 0.00000106. The zero-order valence-corrected chi connectivity index (χ0v) is 10.6. The Hall–Kier alpha value is -1.13. The van der Waals surface area contributed by atoms with Gasteiger partial charge in [-0.1, -0.05) is 19.9 Å². The van der Waals surface area contributed by atoms with E-state index in [1.54, 1.807) is 20.4 Å². The summed E-state index contributed by atoms with van der Waals surface area (Å²) in [6, 6.07) is 3.89. The van der Waals surface area contributed by atoms with Crippen LogP contribution in [0.25, 0.3) is 0 Å². The number of pyridine rings is 1. The highest BCUT2D eigenvalue weighted by Gasteiger charge is 2.01. The molecule has 1 heterocycles. The Bertz CT molecular complexity index is 267. The van der Waals surface area contributed by atoms with Gasteiger partial charge in [0, 0.05) is 32.0 Å². The maximum absolute atomic E-state index is 5.12. The zero-order valence-electron chi connectivity index (χ0n) is 10.6. The summed E-state index contributed by atoms with van der Waals surface area (Å²) in [6.07, 6.45) is 1.72. The number of nitrogens with one attached hydrogen (secondary N) is 1. The Morgan fingerprint density at radius 2 is 2.06 bits per heavy atom. The second-order valence-electron chi connectivity index (χ2n) is 2.84. The molecule has 0 aliphatic heterocycles. The molecule has 0 atom stereocenters. The average Bonchev–Trinajstić information content (AvgIpc) is 2.37. The molecule has 0 saturated heterocycles. The first kappa shape index (κ1) is 14.9. The number of rotatable bonds is 6. The fraction of sp³-hybridized carbons (Fsp3) is 0.583. The van der Waals surface area contributed by atoms with E-state index in [9.17, 15) is 0 Å². The number of aromatic nitrogens is 1. The Morgan fingerprint density at radius 1 is 1.31 bits per heavy atom. The van der Waals surface area contributed by atoms with E-state index in [4.69, 9.17) is 9.47 Å². The molecule has 0 unspecified atom stereocenters. The van der Waals surface area contributed by atoms with Crippen molar-refractivity contribution in [2.45, 2.75) is 20.4 Å². The van der Waals surface area contributed by atoms with Crippen LogP contribution in [0.2, 0.25) is 0 Å². The van der Waals surface area contributed by atoms with Crippen LogP contribution in [0.4, 0.5) is 0 Å². The molecule has 16 heavy (non-hydrogen) atoms. The van der Waals surface area contributed by atoms with Crippen LogP contribution in [0.15, 0.2) is 18.3 Å². The van der Waals surface area contributed by atoms with E-state index in [2.05, 4.69) is 10.3 Å². The van der Waals surface area contributed by atoms with Gasteiger partial charge in [0.15, 0.2) is 0 Å². The van der Waals surface area contributed by atoms with Crippen LogP contribution < -0.4 is 10.1 Å². The normalized spacial score (nSPS) is 9.25. The highest BCUT2D eigenvalue weighted by Crippen LogP contribution is 2.12. The lowest BCUT2D eigenvalue weighted by Gasteiger charge is -2.07. The van der Waals surface area contributed by atoms with Crippen LogP contribution in [0.3, 0.4) is 0 Å². The van der Waals surface area contributed by atoms with E-state index in [0.717, 1.165) is 18.7 Å². The highest BCUT2D eigenvalue weighted by molar-refractivity contribution is 5.24. The second-order valence-corrected chi connectivity index (χ2v) is 2.84. The molecule has 0 radical (unpaired) electrons. The largest absolute Gasteiger partial charge is 0.481 e. The van der Waals surface area contributed by atoms with Crippen molar-refractivity contribution in [2.24, 2.45) is 0 Å². The SMILES string of the molecule is CC.COCCNCc1cccnc1OC. The molecule has 0 aliphatic carbocycles. The van der Waals surface area contributed by atoms with E-state index in [1.807, 2.05) is 26.0 Å². The van der Waals surface area contributed by atoms with Gasteiger partial charge >= 0.3 is 0 Å². The van der Waals surface area contributed by atoms with Gasteiger partial charge in [-0.2, -0.15) is 0 Å². The van der Waals surface area contributed by atoms with Gasteiger partial charge < -0.3 is 14.8 Å². The van der Waals surface area contributed by atoms with Crippen LogP contribution in [0, 0.1) is 0 Å². The fourth-order valence-electron chi connectivity index (χ4n) is 1.14. The number of nitrogens with zero attached hydrogens (tertiary/aromatic N) is 1. The minimum absolute atomic E-state index is 0.678. The van der Waals surface area contributed by atoms with Crippen molar-refractivity contribution in [1.29, 1.82) is 0 Å². The molecule has 1 N–H and O–H groups in total. The first-order chi connectivity index (χ1) is 7.88. The molecule has 1 rings (SSSR count). The standard InChI is InChI=1S/C10H16N2O2.C2H6/c1-13-7-6-11-8-9-4-3-5-12-10(9)14-2;1-2/h3-5,11H,6-8H2,1-2H3;1-2H3. The van der Waals surface area contributed by atoms with Gasteiger partial charge in [0.05, 0.1) is 13.7 Å². The van der Waals surface area contributed by atoms with Crippen molar-refractivity contribution in [3.8, 4) is 5.88 Å². The third kappa shape index (κ3) is 5.68. The third-order valence-corrected chi connectivity index (χ3v) is 1.84. The number of hydrogen-bond donors (Lipinski definition) is 1. The third-order valence-electron chi connectivity index (χ3n) is 1.84. The fourth-order valence-corrected chi connectivity index (χ4v) is 1.14. The second kappa shape index (κ2) is 10.4. The molecular formula is C12H22N2O2. The lowest BCUT2D eigenvalue weighted by Crippen LogP contribution is -2.19. The maximum atomic E-state index is 5.12. The molecule has 1 aromatic heterocycles. The number of ether oxygens (including phenoxy) is 2. The minimum Gasteiger partial charge on any atom is -0.481 e. The zero-order chi connectivity index (χ0) is 12.2. The lowest BCUT2D eigenvalue weighted by molar-refractivity contribution is 0.199. The minimum atomic E-state index is 0.678. The van der Waals surface area contributed by atoms with Crippen LogP contribution in [-0.4, -0.2) is 32.4 Å². The van der Waals surface area contributed by atoms with Crippen LogP contribution in [0.5, 0.6) is 5.88 Å². The van der Waals surface area contributed by atoms with Gasteiger partial charge in [0.1, 0.15) is 0 Å². The van der Waals surface area contributed by atoms with Crippen molar-refractivity contribution in [2.75, 3.05) is 27.4 Å². The molecule has 0 amide bonds. The van der Waals surface area contributed by atoms with Crippen molar-refractivity contribution in [3.63, 3.8) is 0 Å². The summed E-state index contributed by atoms with van der Waals surface area (Å²) in [5, 5.41) is 3.23. The first-order valence-corrected chi connectivity index (χ1v) is 5.56. The smallest absolute Gasteiger partial charge is 0.217 e. The molecule has 92 valence electrons. The highest BCUT2D eigenvalue weighted by atomic mass is 16.5. The lowest BCUT2D eigenvalue weighted by atomic mass is 10.2. The summed E-state index contributed by atoms with van der Waals surface area (Å²) in [5.41, 5.74) is 1.06. The molecule has 0 saturated carbocycles. The topological polar surface area (TPSA) is 43.4 Å². The molecule has 4 nitrogen and oxygen atoms in total. The number of methoxy groups -OCH3 is 2. The Morgan fingerprint density at radius 3 is 2.69 bits per heavy atom. The van der Waals surface area contributed by atoms with Crippen molar-refractivity contribution >= 4 is 0 Å².